The van der Waals surface area contributed by atoms with Crippen molar-refractivity contribution < 1.29 is 29.3 Å². The van der Waals surface area contributed by atoms with Gasteiger partial charge in [0, 0.05) is 13.1 Å². The zero-order valence-electron chi connectivity index (χ0n) is 18.6. The normalized spacial score (nSPS) is 18.7. The molecule has 0 bridgehead atoms. The van der Waals surface area contributed by atoms with Gasteiger partial charge in [0.2, 0.25) is 5.91 Å². The third-order valence-electron chi connectivity index (χ3n) is 5.72. The molecule has 9 nitrogen and oxygen atoms in total. The second kappa shape index (κ2) is 13.1. The highest BCUT2D eigenvalue weighted by Gasteiger charge is 2.38. The molecule has 1 heterocycles. The summed E-state index contributed by atoms with van der Waals surface area (Å²) in [6, 6.07) is 7.22. The van der Waals surface area contributed by atoms with Gasteiger partial charge in [-0.15, -0.1) is 0 Å². The van der Waals surface area contributed by atoms with E-state index in [4.69, 9.17) is 10.5 Å². The van der Waals surface area contributed by atoms with E-state index in [-0.39, 0.29) is 31.9 Å². The van der Waals surface area contributed by atoms with Crippen LogP contribution in [0.4, 0.5) is 0 Å². The van der Waals surface area contributed by atoms with Crippen LogP contribution in [0.1, 0.15) is 44.6 Å². The van der Waals surface area contributed by atoms with E-state index < -0.39 is 36.2 Å². The number of aliphatic hydroxyl groups excluding tert-OH is 1. The molecule has 1 aliphatic rings. The molecule has 1 aliphatic heterocycles. The van der Waals surface area contributed by atoms with Gasteiger partial charge in [-0.2, -0.15) is 0 Å². The Morgan fingerprint density at radius 1 is 1.19 bits per heavy atom. The molecular formula is C23H35N3O6. The van der Waals surface area contributed by atoms with Crippen LogP contribution < -0.4 is 11.1 Å². The monoisotopic (exact) mass is 449 g/mol. The lowest BCUT2D eigenvalue weighted by atomic mass is 10.0. The molecule has 32 heavy (non-hydrogen) atoms. The van der Waals surface area contributed by atoms with Gasteiger partial charge in [0.25, 0.3) is 0 Å². The average Bonchev–Trinajstić information content (AvgIpc) is 3.29. The summed E-state index contributed by atoms with van der Waals surface area (Å²) in [5.74, 6) is -1.88. The summed E-state index contributed by atoms with van der Waals surface area (Å²) in [6.45, 7) is 2.33. The van der Waals surface area contributed by atoms with Crippen LogP contribution in [0.2, 0.25) is 0 Å². The van der Waals surface area contributed by atoms with Crippen molar-refractivity contribution in [1.29, 1.82) is 0 Å². The number of rotatable bonds is 13. The number of aliphatic carboxylic acids is 1. The van der Waals surface area contributed by atoms with Crippen LogP contribution in [0.15, 0.2) is 30.3 Å². The first-order chi connectivity index (χ1) is 15.4. The topological polar surface area (TPSA) is 142 Å². The summed E-state index contributed by atoms with van der Waals surface area (Å²) in [6.07, 6.45) is 1.71. The Balaban J connectivity index is 2.18. The fourth-order valence-corrected chi connectivity index (χ4v) is 3.95. The molecule has 1 aromatic carbocycles. The molecule has 1 amide bonds. The number of aliphatic hydroxyl groups is 1. The standard InChI is InChI=1S/C23H35N3O6/c1-2-32-23(31)19(12-10-16-7-4-3-5-8-16)25-18(13-11-17(27)15-24)21(28)26-14-6-9-20(26)22(29)30/h3-5,7-8,17-20,25,27H,2,6,9-15,24H2,1H3,(H,29,30)/t17?,18-,19-,20-/m0/s1. The lowest BCUT2D eigenvalue weighted by molar-refractivity contribution is -0.150. The summed E-state index contributed by atoms with van der Waals surface area (Å²) in [7, 11) is 0. The van der Waals surface area contributed by atoms with Gasteiger partial charge in [0.15, 0.2) is 0 Å². The van der Waals surface area contributed by atoms with Gasteiger partial charge in [0.1, 0.15) is 12.1 Å². The highest BCUT2D eigenvalue weighted by molar-refractivity contribution is 5.88. The third-order valence-corrected chi connectivity index (χ3v) is 5.72. The van der Waals surface area contributed by atoms with E-state index in [9.17, 15) is 24.6 Å². The molecule has 0 saturated carbocycles. The van der Waals surface area contributed by atoms with Crippen molar-refractivity contribution in [3.63, 3.8) is 0 Å². The number of carbonyl (C=O) groups is 3. The zero-order chi connectivity index (χ0) is 23.5. The smallest absolute Gasteiger partial charge is 0.326 e. The third kappa shape index (κ3) is 7.58. The maximum Gasteiger partial charge on any atom is 0.326 e. The molecule has 2 rings (SSSR count). The first kappa shape index (κ1) is 25.8. The minimum atomic E-state index is -1.04. The van der Waals surface area contributed by atoms with Crippen molar-refractivity contribution in [2.75, 3.05) is 19.7 Å². The van der Waals surface area contributed by atoms with Crippen molar-refractivity contribution in [3.8, 4) is 0 Å². The first-order valence-corrected chi connectivity index (χ1v) is 11.2. The molecule has 1 saturated heterocycles. The van der Waals surface area contributed by atoms with Gasteiger partial charge < -0.3 is 25.6 Å². The number of benzene rings is 1. The largest absolute Gasteiger partial charge is 0.480 e. The summed E-state index contributed by atoms with van der Waals surface area (Å²) < 4.78 is 5.21. The molecule has 0 aromatic heterocycles. The fourth-order valence-electron chi connectivity index (χ4n) is 3.95. The molecule has 1 unspecified atom stereocenters. The Morgan fingerprint density at radius 3 is 2.53 bits per heavy atom. The summed E-state index contributed by atoms with van der Waals surface area (Å²) in [5.41, 5.74) is 6.55. The van der Waals surface area contributed by atoms with E-state index in [1.807, 2.05) is 30.3 Å². The Bertz CT molecular complexity index is 745. The molecular weight excluding hydrogens is 414 g/mol. The minimum Gasteiger partial charge on any atom is -0.480 e. The Kier molecular flexibility index (Phi) is 10.6. The van der Waals surface area contributed by atoms with Gasteiger partial charge >= 0.3 is 11.9 Å². The number of hydrogen-bond acceptors (Lipinski definition) is 7. The van der Waals surface area contributed by atoms with Crippen LogP contribution in [-0.2, 0) is 25.5 Å². The number of nitrogens with zero attached hydrogens (tertiary/aromatic N) is 1. The predicted molar refractivity (Wildman–Crippen MR) is 119 cm³/mol. The van der Waals surface area contributed by atoms with E-state index in [0.717, 1.165) is 5.56 Å². The van der Waals surface area contributed by atoms with Gasteiger partial charge in [-0.3, -0.25) is 14.9 Å². The highest BCUT2D eigenvalue weighted by atomic mass is 16.5. The van der Waals surface area contributed by atoms with Gasteiger partial charge in [-0.1, -0.05) is 30.3 Å². The highest BCUT2D eigenvalue weighted by Crippen LogP contribution is 2.20. The quantitative estimate of drug-likeness (QED) is 0.322. The molecule has 0 aliphatic carbocycles. The van der Waals surface area contributed by atoms with Gasteiger partial charge in [-0.05, 0) is 51.0 Å². The van der Waals surface area contributed by atoms with Crippen LogP contribution in [0.3, 0.4) is 0 Å². The molecule has 5 N–H and O–H groups in total. The van der Waals surface area contributed by atoms with Crippen molar-refractivity contribution >= 4 is 17.8 Å². The second-order valence-corrected chi connectivity index (χ2v) is 8.04. The number of ether oxygens (including phenoxy) is 1. The van der Waals surface area contributed by atoms with Gasteiger partial charge in [-0.25, -0.2) is 4.79 Å². The molecule has 0 spiro atoms. The Morgan fingerprint density at radius 2 is 1.91 bits per heavy atom. The molecule has 4 atom stereocenters. The number of carboxylic acids is 1. The minimum absolute atomic E-state index is 0.0533. The zero-order valence-corrected chi connectivity index (χ0v) is 18.6. The van der Waals surface area contributed by atoms with E-state index in [2.05, 4.69) is 5.32 Å². The molecule has 9 heteroatoms. The number of aryl methyl sites for hydroxylation is 1. The maximum atomic E-state index is 13.3. The van der Waals surface area contributed by atoms with Crippen LogP contribution in [-0.4, -0.2) is 76.9 Å². The molecule has 1 fully saturated rings. The van der Waals surface area contributed by atoms with Crippen LogP contribution in [0, 0.1) is 0 Å². The number of hydrogen-bond donors (Lipinski definition) is 4. The Hall–Kier alpha value is -2.49. The van der Waals surface area contributed by atoms with Crippen LogP contribution >= 0.6 is 0 Å². The number of carbonyl (C=O) groups excluding carboxylic acids is 2. The molecule has 178 valence electrons. The first-order valence-electron chi connectivity index (χ1n) is 11.2. The van der Waals surface area contributed by atoms with Crippen molar-refractivity contribution in [3.05, 3.63) is 35.9 Å². The number of nitrogens with two attached hydrogens (primary N) is 1. The van der Waals surface area contributed by atoms with Crippen LogP contribution in [0.5, 0.6) is 0 Å². The number of amides is 1. The lowest BCUT2D eigenvalue weighted by Crippen LogP contribution is -2.54. The summed E-state index contributed by atoms with van der Waals surface area (Å²) in [4.78, 5) is 38.9. The fraction of sp³-hybridized carbons (Fsp3) is 0.609. The number of likely N-dealkylation sites (tertiary alicyclic amines) is 1. The number of nitrogens with one attached hydrogen (secondary N) is 1. The number of carboxylic acid groups (broad SMARTS) is 1. The van der Waals surface area contributed by atoms with Crippen molar-refractivity contribution in [2.24, 2.45) is 5.73 Å². The van der Waals surface area contributed by atoms with E-state index in [1.54, 1.807) is 6.92 Å². The SMILES string of the molecule is CCOC(=O)[C@H](CCc1ccccc1)N[C@@H](CCC(O)CN)C(=O)N1CCC[C@H]1C(=O)O. The maximum absolute atomic E-state index is 13.3. The van der Waals surface area contributed by atoms with E-state index >= 15 is 0 Å². The lowest BCUT2D eigenvalue weighted by Gasteiger charge is -2.30. The average molecular weight is 450 g/mol. The van der Waals surface area contributed by atoms with Crippen molar-refractivity contribution in [1.82, 2.24) is 10.2 Å². The molecule has 0 radical (unpaired) electrons. The predicted octanol–water partition coefficient (Wildman–Crippen LogP) is 0.685. The molecule has 1 aromatic rings. The summed E-state index contributed by atoms with van der Waals surface area (Å²) >= 11 is 0. The van der Waals surface area contributed by atoms with Crippen molar-refractivity contribution in [2.45, 2.75) is 69.7 Å². The van der Waals surface area contributed by atoms with E-state index in [1.165, 1.54) is 4.90 Å². The van der Waals surface area contributed by atoms with Gasteiger partial charge in [0.05, 0.1) is 18.8 Å². The van der Waals surface area contributed by atoms with E-state index in [0.29, 0.717) is 32.2 Å². The van der Waals surface area contributed by atoms with Crippen LogP contribution in [0.25, 0.3) is 0 Å². The Labute approximate surface area is 188 Å². The second-order valence-electron chi connectivity index (χ2n) is 8.04. The summed E-state index contributed by atoms with van der Waals surface area (Å²) in [5, 5.41) is 22.5. The number of esters is 1.